The smallest absolute Gasteiger partial charge is 0.117 e. The van der Waals surface area contributed by atoms with Gasteiger partial charge in [0.25, 0.3) is 0 Å². The van der Waals surface area contributed by atoms with E-state index in [-0.39, 0.29) is 0 Å². The minimum Gasteiger partial charge on any atom is -0.468 e. The standard InChI is InChI=1S/C17H22N2O2/c1-3-15(12-18-13-17-5-2-8-21-17)11-16(4-1)14-19-6-9-20-10-7-19/h1-5,8,11,18H,6-7,9-10,12-14H2. The summed E-state index contributed by atoms with van der Waals surface area (Å²) in [5.41, 5.74) is 2.68. The van der Waals surface area contributed by atoms with Crippen molar-refractivity contribution in [1.82, 2.24) is 10.2 Å². The third-order valence-corrected chi connectivity index (χ3v) is 3.71. The zero-order valence-corrected chi connectivity index (χ0v) is 12.3. The lowest BCUT2D eigenvalue weighted by Crippen LogP contribution is -2.35. The Bertz CT molecular complexity index is 533. The van der Waals surface area contributed by atoms with Crippen molar-refractivity contribution in [3.63, 3.8) is 0 Å². The summed E-state index contributed by atoms with van der Waals surface area (Å²) in [6, 6.07) is 12.7. The normalized spacial score (nSPS) is 16.2. The average molecular weight is 286 g/mol. The van der Waals surface area contributed by atoms with E-state index in [1.807, 2.05) is 12.1 Å². The number of rotatable bonds is 6. The van der Waals surface area contributed by atoms with Gasteiger partial charge in [0.05, 0.1) is 26.0 Å². The van der Waals surface area contributed by atoms with E-state index in [2.05, 4.69) is 34.5 Å². The van der Waals surface area contributed by atoms with Gasteiger partial charge in [-0.15, -0.1) is 0 Å². The maximum atomic E-state index is 5.39. The van der Waals surface area contributed by atoms with Gasteiger partial charge in [0, 0.05) is 26.2 Å². The fourth-order valence-corrected chi connectivity index (χ4v) is 2.60. The lowest BCUT2D eigenvalue weighted by molar-refractivity contribution is 0.0342. The minimum atomic E-state index is 0.765. The number of nitrogens with zero attached hydrogens (tertiary/aromatic N) is 1. The molecule has 21 heavy (non-hydrogen) atoms. The summed E-state index contributed by atoms with van der Waals surface area (Å²) in [5, 5.41) is 3.41. The fraction of sp³-hybridized carbons (Fsp3) is 0.412. The predicted molar refractivity (Wildman–Crippen MR) is 81.8 cm³/mol. The number of ether oxygens (including phenoxy) is 1. The summed E-state index contributed by atoms with van der Waals surface area (Å²) in [6.07, 6.45) is 1.71. The Balaban J connectivity index is 1.50. The van der Waals surface area contributed by atoms with Crippen molar-refractivity contribution < 1.29 is 9.15 Å². The quantitative estimate of drug-likeness (QED) is 0.885. The third-order valence-electron chi connectivity index (χ3n) is 3.71. The summed E-state index contributed by atoms with van der Waals surface area (Å²) in [6.45, 7) is 6.39. The molecule has 1 saturated heterocycles. The third kappa shape index (κ3) is 4.43. The molecule has 0 radical (unpaired) electrons. The molecule has 0 saturated carbocycles. The van der Waals surface area contributed by atoms with Crippen LogP contribution in [0.3, 0.4) is 0 Å². The molecule has 0 bridgehead atoms. The van der Waals surface area contributed by atoms with E-state index in [0.717, 1.165) is 51.7 Å². The molecular formula is C17H22N2O2. The molecule has 1 aliphatic heterocycles. The van der Waals surface area contributed by atoms with Crippen molar-refractivity contribution in [3.05, 3.63) is 59.5 Å². The van der Waals surface area contributed by atoms with Gasteiger partial charge in [-0.25, -0.2) is 0 Å². The van der Waals surface area contributed by atoms with Gasteiger partial charge in [0.15, 0.2) is 0 Å². The largest absolute Gasteiger partial charge is 0.468 e. The van der Waals surface area contributed by atoms with Crippen LogP contribution in [0, 0.1) is 0 Å². The van der Waals surface area contributed by atoms with Crippen LogP contribution in [0.1, 0.15) is 16.9 Å². The van der Waals surface area contributed by atoms with Crippen LogP contribution in [0.4, 0.5) is 0 Å². The number of furan rings is 1. The maximum Gasteiger partial charge on any atom is 0.117 e. The van der Waals surface area contributed by atoms with E-state index >= 15 is 0 Å². The van der Waals surface area contributed by atoms with Crippen LogP contribution < -0.4 is 5.32 Å². The van der Waals surface area contributed by atoms with Crippen molar-refractivity contribution in [3.8, 4) is 0 Å². The Hall–Kier alpha value is -1.62. The van der Waals surface area contributed by atoms with Crippen molar-refractivity contribution >= 4 is 0 Å². The van der Waals surface area contributed by atoms with E-state index in [0.29, 0.717) is 0 Å². The molecule has 3 rings (SSSR count). The Morgan fingerprint density at radius 2 is 1.86 bits per heavy atom. The number of nitrogens with one attached hydrogen (secondary N) is 1. The highest BCUT2D eigenvalue weighted by atomic mass is 16.5. The summed E-state index contributed by atoms with van der Waals surface area (Å²) in [5.74, 6) is 0.972. The zero-order chi connectivity index (χ0) is 14.3. The number of hydrogen-bond acceptors (Lipinski definition) is 4. The molecule has 1 aliphatic rings. The van der Waals surface area contributed by atoms with Gasteiger partial charge in [0.2, 0.25) is 0 Å². The molecule has 0 spiro atoms. The van der Waals surface area contributed by atoms with Crippen molar-refractivity contribution in [1.29, 1.82) is 0 Å². The highest BCUT2D eigenvalue weighted by Crippen LogP contribution is 2.10. The molecule has 2 aromatic rings. The van der Waals surface area contributed by atoms with Crippen molar-refractivity contribution in [2.45, 2.75) is 19.6 Å². The topological polar surface area (TPSA) is 37.6 Å². The zero-order valence-electron chi connectivity index (χ0n) is 12.3. The molecule has 1 N–H and O–H groups in total. The Morgan fingerprint density at radius 3 is 2.67 bits per heavy atom. The highest BCUT2D eigenvalue weighted by Gasteiger charge is 2.10. The first-order chi connectivity index (χ1) is 10.4. The summed E-state index contributed by atoms with van der Waals surface area (Å²) in [7, 11) is 0. The molecular weight excluding hydrogens is 264 g/mol. The monoisotopic (exact) mass is 286 g/mol. The molecule has 0 aliphatic carbocycles. The van der Waals surface area contributed by atoms with Gasteiger partial charge in [-0.05, 0) is 23.3 Å². The molecule has 0 amide bonds. The Morgan fingerprint density at radius 1 is 1.00 bits per heavy atom. The number of benzene rings is 1. The van der Waals surface area contributed by atoms with Crippen LogP contribution >= 0.6 is 0 Å². The van der Waals surface area contributed by atoms with Crippen LogP contribution in [0.2, 0.25) is 0 Å². The molecule has 0 atom stereocenters. The lowest BCUT2D eigenvalue weighted by atomic mass is 10.1. The Labute approximate surface area is 125 Å². The first-order valence-electron chi connectivity index (χ1n) is 7.51. The van der Waals surface area contributed by atoms with Crippen LogP contribution in [-0.2, 0) is 24.4 Å². The molecule has 112 valence electrons. The van der Waals surface area contributed by atoms with E-state index < -0.39 is 0 Å². The second kappa shape index (κ2) is 7.41. The minimum absolute atomic E-state index is 0.765. The molecule has 1 aromatic carbocycles. The summed E-state index contributed by atoms with van der Waals surface area (Å²) < 4.78 is 10.7. The summed E-state index contributed by atoms with van der Waals surface area (Å²) >= 11 is 0. The maximum absolute atomic E-state index is 5.39. The molecule has 4 heteroatoms. The molecule has 2 heterocycles. The molecule has 0 unspecified atom stereocenters. The first kappa shape index (κ1) is 14.3. The average Bonchev–Trinajstić information content (AvgIpc) is 3.02. The van der Waals surface area contributed by atoms with E-state index in [4.69, 9.17) is 9.15 Å². The van der Waals surface area contributed by atoms with Gasteiger partial charge in [-0.2, -0.15) is 0 Å². The highest BCUT2D eigenvalue weighted by molar-refractivity contribution is 5.23. The van der Waals surface area contributed by atoms with Gasteiger partial charge in [-0.3, -0.25) is 4.90 Å². The van der Waals surface area contributed by atoms with Crippen LogP contribution in [0.25, 0.3) is 0 Å². The van der Waals surface area contributed by atoms with Crippen molar-refractivity contribution in [2.75, 3.05) is 26.3 Å². The summed E-state index contributed by atoms with van der Waals surface area (Å²) in [4.78, 5) is 2.44. The van der Waals surface area contributed by atoms with E-state index in [9.17, 15) is 0 Å². The van der Waals surface area contributed by atoms with Gasteiger partial charge in [-0.1, -0.05) is 24.3 Å². The SMILES string of the molecule is c1cc(CNCc2ccco2)cc(CN2CCOCC2)c1. The second-order valence-electron chi connectivity index (χ2n) is 5.39. The second-order valence-corrected chi connectivity index (χ2v) is 5.39. The van der Waals surface area contributed by atoms with Crippen LogP contribution in [0.15, 0.2) is 47.1 Å². The lowest BCUT2D eigenvalue weighted by Gasteiger charge is -2.26. The van der Waals surface area contributed by atoms with E-state index in [1.54, 1.807) is 6.26 Å². The Kier molecular flexibility index (Phi) is 5.05. The predicted octanol–water partition coefficient (Wildman–Crippen LogP) is 2.40. The van der Waals surface area contributed by atoms with Crippen molar-refractivity contribution in [2.24, 2.45) is 0 Å². The van der Waals surface area contributed by atoms with Crippen LogP contribution in [-0.4, -0.2) is 31.2 Å². The van der Waals surface area contributed by atoms with Gasteiger partial charge < -0.3 is 14.5 Å². The van der Waals surface area contributed by atoms with Crippen LogP contribution in [0.5, 0.6) is 0 Å². The van der Waals surface area contributed by atoms with Gasteiger partial charge in [0.1, 0.15) is 5.76 Å². The molecule has 1 aromatic heterocycles. The number of morpholine rings is 1. The van der Waals surface area contributed by atoms with Gasteiger partial charge >= 0.3 is 0 Å². The number of hydrogen-bond donors (Lipinski definition) is 1. The van der Waals surface area contributed by atoms with E-state index in [1.165, 1.54) is 11.1 Å². The fourth-order valence-electron chi connectivity index (χ4n) is 2.60. The molecule has 1 fully saturated rings. The molecule has 4 nitrogen and oxygen atoms in total. The first-order valence-corrected chi connectivity index (χ1v) is 7.51.